The lowest BCUT2D eigenvalue weighted by atomic mass is 9.97. The summed E-state index contributed by atoms with van der Waals surface area (Å²) in [6, 6.07) is 6.31. The van der Waals surface area contributed by atoms with E-state index >= 15 is 0 Å². The van der Waals surface area contributed by atoms with Gasteiger partial charge >= 0.3 is 0 Å². The summed E-state index contributed by atoms with van der Waals surface area (Å²) in [6.45, 7) is 8.90. The van der Waals surface area contributed by atoms with Crippen LogP contribution < -0.4 is 0 Å². The maximum absolute atomic E-state index is 4.65. The van der Waals surface area contributed by atoms with Crippen LogP contribution in [0.2, 0.25) is 0 Å². The summed E-state index contributed by atoms with van der Waals surface area (Å²) in [5, 5.41) is 2.21. The van der Waals surface area contributed by atoms with Gasteiger partial charge in [0, 0.05) is 54.4 Å². The number of pyridine rings is 1. The second kappa shape index (κ2) is 7.72. The van der Waals surface area contributed by atoms with Crippen LogP contribution in [-0.2, 0) is 13.1 Å². The van der Waals surface area contributed by atoms with Crippen LogP contribution in [-0.4, -0.2) is 32.5 Å². The molecule has 0 radical (unpaired) electrons. The standard InChI is InChI=1S/C21H26N4S/c1-16-7-10-26-20(16)15-24-9-4-5-18(13-24)14-25-17(2)11-23-21(25)19-6-3-8-22-12-19/h3,6-8,10-12,18H,4-5,9,13-15H2,1-2H3. The summed E-state index contributed by atoms with van der Waals surface area (Å²) in [5.41, 5.74) is 3.76. The van der Waals surface area contributed by atoms with E-state index in [0.717, 1.165) is 24.5 Å². The molecule has 1 unspecified atom stereocenters. The molecule has 1 aliphatic heterocycles. The van der Waals surface area contributed by atoms with Gasteiger partial charge in [-0.15, -0.1) is 11.3 Å². The number of imidazole rings is 1. The first-order valence-electron chi connectivity index (χ1n) is 9.38. The zero-order valence-corrected chi connectivity index (χ0v) is 16.4. The molecule has 3 aromatic heterocycles. The Bertz CT molecular complexity index is 852. The Kier molecular flexibility index (Phi) is 5.18. The summed E-state index contributed by atoms with van der Waals surface area (Å²) < 4.78 is 2.38. The number of aromatic nitrogens is 3. The normalized spacial score (nSPS) is 18.3. The fourth-order valence-corrected chi connectivity index (χ4v) is 4.84. The Hall–Kier alpha value is -1.98. The van der Waals surface area contributed by atoms with Crippen molar-refractivity contribution >= 4 is 11.3 Å². The SMILES string of the molecule is Cc1ccsc1CN1CCCC(Cn2c(C)cnc2-c2cccnc2)C1. The molecule has 26 heavy (non-hydrogen) atoms. The van der Waals surface area contributed by atoms with Crippen molar-refractivity contribution < 1.29 is 0 Å². The van der Waals surface area contributed by atoms with Crippen molar-refractivity contribution in [1.82, 2.24) is 19.4 Å². The van der Waals surface area contributed by atoms with E-state index in [1.54, 1.807) is 0 Å². The van der Waals surface area contributed by atoms with Gasteiger partial charge in [-0.1, -0.05) is 0 Å². The highest BCUT2D eigenvalue weighted by Crippen LogP contribution is 2.26. The van der Waals surface area contributed by atoms with Gasteiger partial charge < -0.3 is 4.57 Å². The number of piperidine rings is 1. The number of nitrogens with zero attached hydrogens (tertiary/aromatic N) is 4. The number of rotatable bonds is 5. The maximum atomic E-state index is 4.65. The van der Waals surface area contributed by atoms with Crippen LogP contribution >= 0.6 is 11.3 Å². The van der Waals surface area contributed by atoms with Crippen molar-refractivity contribution in [2.24, 2.45) is 5.92 Å². The molecule has 0 N–H and O–H groups in total. The van der Waals surface area contributed by atoms with E-state index in [2.05, 4.69) is 50.8 Å². The first kappa shape index (κ1) is 17.4. The van der Waals surface area contributed by atoms with Crippen molar-refractivity contribution in [2.75, 3.05) is 13.1 Å². The third-order valence-corrected chi connectivity index (χ3v) is 6.36. The van der Waals surface area contributed by atoms with Gasteiger partial charge in [0.1, 0.15) is 5.82 Å². The largest absolute Gasteiger partial charge is 0.328 e. The van der Waals surface area contributed by atoms with E-state index in [4.69, 9.17) is 0 Å². The molecule has 1 fully saturated rings. The summed E-state index contributed by atoms with van der Waals surface area (Å²) in [7, 11) is 0. The van der Waals surface area contributed by atoms with Gasteiger partial charge in [-0.2, -0.15) is 0 Å². The van der Waals surface area contributed by atoms with Crippen molar-refractivity contribution in [3.05, 3.63) is 58.3 Å². The molecular weight excluding hydrogens is 340 g/mol. The highest BCUT2D eigenvalue weighted by atomic mass is 32.1. The lowest BCUT2D eigenvalue weighted by molar-refractivity contribution is 0.157. The minimum Gasteiger partial charge on any atom is -0.328 e. The number of likely N-dealkylation sites (tertiary alicyclic amines) is 1. The van der Waals surface area contributed by atoms with Crippen LogP contribution in [0.3, 0.4) is 0 Å². The fraction of sp³-hybridized carbons (Fsp3) is 0.429. The molecule has 0 bridgehead atoms. The summed E-state index contributed by atoms with van der Waals surface area (Å²) >= 11 is 1.89. The molecule has 4 nitrogen and oxygen atoms in total. The Morgan fingerprint density at radius 3 is 2.92 bits per heavy atom. The Morgan fingerprint density at radius 2 is 2.15 bits per heavy atom. The average Bonchev–Trinajstić information content (AvgIpc) is 3.22. The van der Waals surface area contributed by atoms with Crippen molar-refractivity contribution in [3.8, 4) is 11.4 Å². The molecule has 136 valence electrons. The first-order valence-corrected chi connectivity index (χ1v) is 10.3. The summed E-state index contributed by atoms with van der Waals surface area (Å²) in [4.78, 5) is 13.1. The van der Waals surface area contributed by atoms with Gasteiger partial charge in [0.2, 0.25) is 0 Å². The molecule has 4 heterocycles. The van der Waals surface area contributed by atoms with E-state index in [9.17, 15) is 0 Å². The lowest BCUT2D eigenvalue weighted by Crippen LogP contribution is -2.36. The lowest BCUT2D eigenvalue weighted by Gasteiger charge is -2.33. The first-order chi connectivity index (χ1) is 12.7. The van der Waals surface area contributed by atoms with Crippen LogP contribution in [0.5, 0.6) is 0 Å². The van der Waals surface area contributed by atoms with Crippen LogP contribution in [0, 0.1) is 19.8 Å². The molecule has 0 aromatic carbocycles. The van der Waals surface area contributed by atoms with Gasteiger partial charge in [0.15, 0.2) is 0 Å². The van der Waals surface area contributed by atoms with E-state index < -0.39 is 0 Å². The molecule has 1 aliphatic rings. The number of thiophene rings is 1. The van der Waals surface area contributed by atoms with E-state index in [1.807, 2.05) is 36.0 Å². The Morgan fingerprint density at radius 1 is 1.23 bits per heavy atom. The third-order valence-electron chi connectivity index (χ3n) is 5.35. The second-order valence-corrected chi connectivity index (χ2v) is 8.35. The molecule has 0 amide bonds. The zero-order valence-electron chi connectivity index (χ0n) is 15.6. The minimum atomic E-state index is 0.673. The number of hydrogen-bond donors (Lipinski definition) is 0. The van der Waals surface area contributed by atoms with Gasteiger partial charge in [0.25, 0.3) is 0 Å². The van der Waals surface area contributed by atoms with E-state index in [0.29, 0.717) is 5.92 Å². The molecule has 5 heteroatoms. The van der Waals surface area contributed by atoms with E-state index in [1.165, 1.54) is 42.1 Å². The predicted octanol–water partition coefficient (Wildman–Crippen LogP) is 4.54. The highest BCUT2D eigenvalue weighted by molar-refractivity contribution is 7.10. The van der Waals surface area contributed by atoms with Crippen LogP contribution in [0.25, 0.3) is 11.4 Å². The van der Waals surface area contributed by atoms with Crippen LogP contribution in [0.1, 0.15) is 29.0 Å². The molecule has 0 saturated carbocycles. The van der Waals surface area contributed by atoms with Gasteiger partial charge in [-0.3, -0.25) is 9.88 Å². The molecule has 1 saturated heterocycles. The highest BCUT2D eigenvalue weighted by Gasteiger charge is 2.23. The smallest absolute Gasteiger partial charge is 0.141 e. The third kappa shape index (κ3) is 3.74. The maximum Gasteiger partial charge on any atom is 0.141 e. The Labute approximate surface area is 159 Å². The quantitative estimate of drug-likeness (QED) is 0.665. The van der Waals surface area contributed by atoms with Crippen LogP contribution in [0.4, 0.5) is 0 Å². The molecule has 3 aromatic rings. The van der Waals surface area contributed by atoms with Crippen molar-refractivity contribution in [2.45, 2.75) is 39.8 Å². The molecule has 1 atom stereocenters. The van der Waals surface area contributed by atoms with Crippen molar-refractivity contribution in [3.63, 3.8) is 0 Å². The monoisotopic (exact) mass is 366 g/mol. The predicted molar refractivity (Wildman–Crippen MR) is 107 cm³/mol. The van der Waals surface area contributed by atoms with Crippen LogP contribution in [0.15, 0.2) is 42.2 Å². The summed E-state index contributed by atoms with van der Waals surface area (Å²) in [6.07, 6.45) is 8.28. The fourth-order valence-electron chi connectivity index (χ4n) is 3.89. The number of aryl methyl sites for hydroxylation is 2. The zero-order chi connectivity index (χ0) is 17.9. The summed E-state index contributed by atoms with van der Waals surface area (Å²) in [5.74, 6) is 1.72. The average molecular weight is 367 g/mol. The minimum absolute atomic E-state index is 0.673. The molecule has 0 aliphatic carbocycles. The van der Waals surface area contributed by atoms with Gasteiger partial charge in [-0.05, 0) is 68.3 Å². The molecule has 0 spiro atoms. The molecule has 4 rings (SSSR count). The van der Waals surface area contributed by atoms with Gasteiger partial charge in [-0.25, -0.2) is 4.98 Å². The molecular formula is C21H26N4S. The van der Waals surface area contributed by atoms with E-state index in [-0.39, 0.29) is 0 Å². The number of hydrogen-bond acceptors (Lipinski definition) is 4. The topological polar surface area (TPSA) is 34.0 Å². The van der Waals surface area contributed by atoms with Gasteiger partial charge in [0.05, 0.1) is 0 Å². The Balaban J connectivity index is 1.47. The van der Waals surface area contributed by atoms with Crippen molar-refractivity contribution in [1.29, 1.82) is 0 Å². The second-order valence-electron chi connectivity index (χ2n) is 7.35.